The molecule has 1 aliphatic rings. The third kappa shape index (κ3) is 4.06. The fourth-order valence-corrected chi connectivity index (χ4v) is 2.73. The molecular formula is C8H18N2O2S. The zero-order valence-electron chi connectivity index (χ0n) is 8.12. The van der Waals surface area contributed by atoms with Crippen molar-refractivity contribution in [2.24, 2.45) is 0 Å². The molecular weight excluding hydrogens is 188 g/mol. The Morgan fingerprint density at radius 1 is 1.31 bits per heavy atom. The molecule has 1 aliphatic heterocycles. The summed E-state index contributed by atoms with van der Waals surface area (Å²) in [6.45, 7) is 3.44. The van der Waals surface area contributed by atoms with Crippen molar-refractivity contribution in [3.05, 3.63) is 0 Å². The number of sulfone groups is 1. The Balaban J connectivity index is 2.18. The molecule has 0 unspecified atom stereocenters. The molecule has 1 heterocycles. The lowest BCUT2D eigenvalue weighted by molar-refractivity contribution is 0.291. The van der Waals surface area contributed by atoms with Crippen LogP contribution < -0.4 is 5.32 Å². The van der Waals surface area contributed by atoms with Gasteiger partial charge in [-0.15, -0.1) is 0 Å². The van der Waals surface area contributed by atoms with Gasteiger partial charge in [-0.3, -0.25) is 0 Å². The molecule has 0 bridgehead atoms. The van der Waals surface area contributed by atoms with Crippen molar-refractivity contribution in [2.45, 2.75) is 6.42 Å². The van der Waals surface area contributed by atoms with Crippen molar-refractivity contribution in [3.8, 4) is 0 Å². The molecule has 0 spiro atoms. The first-order chi connectivity index (χ1) is 6.14. The monoisotopic (exact) mass is 206 g/mol. The molecule has 1 saturated heterocycles. The standard InChI is InChI=1S/C8H18N2O2S/c1-9-3-2-4-10-5-7-13(11,12)8-6-10/h9H,2-8H2,1H3. The Kier molecular flexibility index (Phi) is 4.15. The molecule has 0 saturated carbocycles. The Morgan fingerprint density at radius 2 is 1.92 bits per heavy atom. The van der Waals surface area contributed by atoms with Gasteiger partial charge in [-0.25, -0.2) is 8.42 Å². The third-order valence-corrected chi connectivity index (χ3v) is 3.95. The summed E-state index contributed by atoms with van der Waals surface area (Å²) in [5.41, 5.74) is 0. The smallest absolute Gasteiger partial charge is 0.152 e. The Morgan fingerprint density at radius 3 is 2.46 bits per heavy atom. The summed E-state index contributed by atoms with van der Waals surface area (Å²) in [5.74, 6) is 0.680. The van der Waals surface area contributed by atoms with E-state index in [0.717, 1.165) is 19.5 Å². The van der Waals surface area contributed by atoms with Gasteiger partial charge in [-0.1, -0.05) is 0 Å². The summed E-state index contributed by atoms with van der Waals surface area (Å²) >= 11 is 0. The minimum absolute atomic E-state index is 0.340. The molecule has 5 heteroatoms. The van der Waals surface area contributed by atoms with Crippen LogP contribution in [0, 0.1) is 0 Å². The summed E-state index contributed by atoms with van der Waals surface area (Å²) in [5, 5.41) is 3.08. The van der Waals surface area contributed by atoms with E-state index in [1.165, 1.54) is 0 Å². The van der Waals surface area contributed by atoms with Gasteiger partial charge in [0.25, 0.3) is 0 Å². The van der Waals surface area contributed by atoms with Gasteiger partial charge in [0.15, 0.2) is 9.84 Å². The molecule has 4 nitrogen and oxygen atoms in total. The first-order valence-corrected chi connectivity index (χ1v) is 6.53. The van der Waals surface area contributed by atoms with E-state index in [9.17, 15) is 8.42 Å². The first kappa shape index (κ1) is 10.9. The zero-order chi connectivity index (χ0) is 9.73. The number of hydrogen-bond acceptors (Lipinski definition) is 4. The van der Waals surface area contributed by atoms with Crippen molar-refractivity contribution in [1.29, 1.82) is 0 Å². The molecule has 1 rings (SSSR count). The van der Waals surface area contributed by atoms with Gasteiger partial charge in [-0.2, -0.15) is 0 Å². The van der Waals surface area contributed by atoms with Crippen LogP contribution in [0.2, 0.25) is 0 Å². The van der Waals surface area contributed by atoms with Gasteiger partial charge < -0.3 is 10.2 Å². The molecule has 13 heavy (non-hydrogen) atoms. The van der Waals surface area contributed by atoms with Crippen LogP contribution in [0.25, 0.3) is 0 Å². The minimum Gasteiger partial charge on any atom is -0.320 e. The van der Waals surface area contributed by atoms with Gasteiger partial charge in [0.05, 0.1) is 11.5 Å². The Hall–Kier alpha value is -0.130. The molecule has 0 aromatic carbocycles. The van der Waals surface area contributed by atoms with Crippen LogP contribution in [0.15, 0.2) is 0 Å². The highest BCUT2D eigenvalue weighted by molar-refractivity contribution is 7.91. The summed E-state index contributed by atoms with van der Waals surface area (Å²) in [4.78, 5) is 2.22. The quantitative estimate of drug-likeness (QED) is 0.620. The van der Waals surface area contributed by atoms with E-state index in [4.69, 9.17) is 0 Å². The van der Waals surface area contributed by atoms with E-state index in [1.54, 1.807) is 0 Å². The third-order valence-electron chi connectivity index (χ3n) is 2.34. The predicted octanol–water partition coefficient (Wildman–Crippen LogP) is -0.674. The van der Waals surface area contributed by atoms with Gasteiger partial charge in [-0.05, 0) is 26.6 Å². The van der Waals surface area contributed by atoms with Crippen LogP contribution in [0.1, 0.15) is 6.42 Å². The topological polar surface area (TPSA) is 49.4 Å². The van der Waals surface area contributed by atoms with Crippen molar-refractivity contribution < 1.29 is 8.42 Å². The normalized spacial score (nSPS) is 23.2. The van der Waals surface area contributed by atoms with Crippen LogP contribution in [0.4, 0.5) is 0 Å². The largest absolute Gasteiger partial charge is 0.320 e. The van der Waals surface area contributed by atoms with Crippen LogP contribution in [-0.4, -0.2) is 58.1 Å². The lowest BCUT2D eigenvalue weighted by Gasteiger charge is -2.26. The summed E-state index contributed by atoms with van der Waals surface area (Å²) in [6, 6.07) is 0. The van der Waals surface area contributed by atoms with E-state index < -0.39 is 9.84 Å². The predicted molar refractivity (Wildman–Crippen MR) is 53.6 cm³/mol. The van der Waals surface area contributed by atoms with Gasteiger partial charge in [0, 0.05) is 13.1 Å². The average molecular weight is 206 g/mol. The van der Waals surface area contributed by atoms with Crippen molar-refractivity contribution in [3.63, 3.8) is 0 Å². The minimum atomic E-state index is -2.70. The average Bonchev–Trinajstić information content (AvgIpc) is 2.08. The van der Waals surface area contributed by atoms with Gasteiger partial charge >= 0.3 is 0 Å². The lowest BCUT2D eigenvalue weighted by Crippen LogP contribution is -2.41. The van der Waals surface area contributed by atoms with Crippen molar-refractivity contribution >= 4 is 9.84 Å². The van der Waals surface area contributed by atoms with Crippen LogP contribution in [0.5, 0.6) is 0 Å². The molecule has 1 fully saturated rings. The Labute approximate surface area is 80.2 Å². The molecule has 0 atom stereocenters. The van der Waals surface area contributed by atoms with Crippen molar-refractivity contribution in [2.75, 3.05) is 44.7 Å². The van der Waals surface area contributed by atoms with Gasteiger partial charge in [0.1, 0.15) is 0 Å². The highest BCUT2D eigenvalue weighted by Gasteiger charge is 2.20. The van der Waals surface area contributed by atoms with E-state index in [-0.39, 0.29) is 0 Å². The zero-order valence-corrected chi connectivity index (χ0v) is 8.94. The maximum Gasteiger partial charge on any atom is 0.152 e. The number of nitrogens with one attached hydrogen (secondary N) is 1. The second-order valence-corrected chi connectivity index (χ2v) is 5.75. The summed E-state index contributed by atoms with van der Waals surface area (Å²) in [7, 11) is -0.772. The number of nitrogens with zero attached hydrogens (tertiary/aromatic N) is 1. The molecule has 0 radical (unpaired) electrons. The Bertz CT molecular complexity index is 225. The second kappa shape index (κ2) is 4.93. The van der Waals surface area contributed by atoms with Crippen LogP contribution in [0.3, 0.4) is 0 Å². The molecule has 0 aliphatic carbocycles. The highest BCUT2D eigenvalue weighted by atomic mass is 32.2. The van der Waals surface area contributed by atoms with Crippen LogP contribution >= 0.6 is 0 Å². The fraction of sp³-hybridized carbons (Fsp3) is 1.00. The van der Waals surface area contributed by atoms with E-state index >= 15 is 0 Å². The molecule has 0 aromatic rings. The second-order valence-electron chi connectivity index (χ2n) is 3.45. The summed E-state index contributed by atoms with van der Waals surface area (Å²) in [6.07, 6.45) is 1.09. The van der Waals surface area contributed by atoms with Crippen molar-refractivity contribution in [1.82, 2.24) is 10.2 Å². The van der Waals surface area contributed by atoms with Crippen LogP contribution in [-0.2, 0) is 9.84 Å². The molecule has 0 aromatic heterocycles. The van der Waals surface area contributed by atoms with E-state index in [0.29, 0.717) is 24.6 Å². The maximum atomic E-state index is 11.1. The number of hydrogen-bond donors (Lipinski definition) is 1. The molecule has 0 amide bonds. The number of rotatable bonds is 4. The van der Waals surface area contributed by atoms with E-state index in [1.807, 2.05) is 7.05 Å². The fourth-order valence-electron chi connectivity index (χ4n) is 1.45. The molecule has 78 valence electrons. The SMILES string of the molecule is CNCCCN1CCS(=O)(=O)CC1. The summed E-state index contributed by atoms with van der Waals surface area (Å²) < 4.78 is 22.2. The maximum absolute atomic E-state index is 11.1. The van der Waals surface area contributed by atoms with E-state index in [2.05, 4.69) is 10.2 Å². The molecule has 1 N–H and O–H groups in total. The highest BCUT2D eigenvalue weighted by Crippen LogP contribution is 2.03. The lowest BCUT2D eigenvalue weighted by atomic mass is 10.3. The first-order valence-electron chi connectivity index (χ1n) is 4.71. The van der Waals surface area contributed by atoms with Gasteiger partial charge in [0.2, 0.25) is 0 Å².